The van der Waals surface area contributed by atoms with E-state index < -0.39 is 0 Å². The lowest BCUT2D eigenvalue weighted by atomic mass is 10.2. The van der Waals surface area contributed by atoms with E-state index in [0.717, 1.165) is 21.7 Å². The molecule has 0 unspecified atom stereocenters. The van der Waals surface area contributed by atoms with Gasteiger partial charge in [-0.1, -0.05) is 12.1 Å². The Labute approximate surface area is 104 Å². The van der Waals surface area contributed by atoms with Crippen molar-refractivity contribution < 1.29 is 9.90 Å². The van der Waals surface area contributed by atoms with Crippen LogP contribution in [0.3, 0.4) is 0 Å². The third-order valence-electron chi connectivity index (χ3n) is 2.46. The van der Waals surface area contributed by atoms with Crippen molar-refractivity contribution in [3.05, 3.63) is 51.7 Å². The Kier molecular flexibility index (Phi) is 3.56. The molecule has 0 saturated carbocycles. The fourth-order valence-electron chi connectivity index (χ4n) is 1.49. The molecule has 0 atom stereocenters. The van der Waals surface area contributed by atoms with Gasteiger partial charge in [0, 0.05) is 5.69 Å². The lowest BCUT2D eigenvalue weighted by molar-refractivity contribution is 0.103. The Balaban J connectivity index is 2.10. The van der Waals surface area contributed by atoms with E-state index in [9.17, 15) is 4.79 Å². The van der Waals surface area contributed by atoms with Crippen LogP contribution in [0.1, 0.15) is 20.8 Å². The number of aryl methyl sites for hydroxylation is 1. The highest BCUT2D eigenvalue weighted by atomic mass is 32.1. The minimum atomic E-state index is -0.0887. The fourth-order valence-corrected chi connectivity index (χ4v) is 2.31. The molecule has 0 bridgehead atoms. The first kappa shape index (κ1) is 11.8. The summed E-state index contributed by atoms with van der Waals surface area (Å²) in [5.74, 6) is -0.0887. The van der Waals surface area contributed by atoms with Crippen molar-refractivity contribution in [3.8, 4) is 0 Å². The van der Waals surface area contributed by atoms with Crippen molar-refractivity contribution in [1.29, 1.82) is 0 Å². The second-order valence-corrected chi connectivity index (χ2v) is 4.66. The van der Waals surface area contributed by atoms with E-state index in [0.29, 0.717) is 0 Å². The average molecular weight is 247 g/mol. The van der Waals surface area contributed by atoms with Crippen LogP contribution in [0.15, 0.2) is 35.7 Å². The molecular weight excluding hydrogens is 234 g/mol. The van der Waals surface area contributed by atoms with Crippen LogP contribution >= 0.6 is 11.3 Å². The van der Waals surface area contributed by atoms with Crippen LogP contribution < -0.4 is 5.32 Å². The molecule has 1 heterocycles. The summed E-state index contributed by atoms with van der Waals surface area (Å²) in [4.78, 5) is 12.6. The average Bonchev–Trinajstić information content (AvgIpc) is 2.76. The number of carbonyl (C=O) groups is 1. The molecule has 0 spiro atoms. The van der Waals surface area contributed by atoms with Gasteiger partial charge in [0.1, 0.15) is 0 Å². The highest BCUT2D eigenvalue weighted by molar-refractivity contribution is 7.12. The molecule has 3 nitrogen and oxygen atoms in total. The molecular formula is C13H13NO2S. The van der Waals surface area contributed by atoms with E-state index in [1.165, 1.54) is 11.3 Å². The van der Waals surface area contributed by atoms with Gasteiger partial charge in [-0.2, -0.15) is 0 Å². The number of thiophene rings is 1. The van der Waals surface area contributed by atoms with Crippen LogP contribution in [-0.2, 0) is 6.61 Å². The maximum Gasteiger partial charge on any atom is 0.265 e. The largest absolute Gasteiger partial charge is 0.392 e. The number of hydrogen-bond acceptors (Lipinski definition) is 3. The molecule has 17 heavy (non-hydrogen) atoms. The maximum absolute atomic E-state index is 11.9. The summed E-state index contributed by atoms with van der Waals surface area (Å²) in [7, 11) is 0. The smallest absolute Gasteiger partial charge is 0.265 e. The fraction of sp³-hybridized carbons (Fsp3) is 0.154. The standard InChI is InChI=1S/C13H13NO2S/c1-9-6-7-17-12(9)13(16)14-11-4-2-10(8-15)3-5-11/h2-7,15H,8H2,1H3,(H,14,16). The summed E-state index contributed by atoms with van der Waals surface area (Å²) in [6, 6.07) is 9.07. The number of hydrogen-bond donors (Lipinski definition) is 2. The van der Waals surface area contributed by atoms with Crippen molar-refractivity contribution in [2.75, 3.05) is 5.32 Å². The van der Waals surface area contributed by atoms with Gasteiger partial charge < -0.3 is 10.4 Å². The number of amides is 1. The quantitative estimate of drug-likeness (QED) is 0.876. The van der Waals surface area contributed by atoms with Crippen LogP contribution in [0.25, 0.3) is 0 Å². The molecule has 2 rings (SSSR count). The summed E-state index contributed by atoms with van der Waals surface area (Å²) < 4.78 is 0. The van der Waals surface area contributed by atoms with Gasteiger partial charge in [0.25, 0.3) is 5.91 Å². The number of benzene rings is 1. The van der Waals surface area contributed by atoms with Gasteiger partial charge >= 0.3 is 0 Å². The molecule has 1 aromatic heterocycles. The summed E-state index contributed by atoms with van der Waals surface area (Å²) in [6.07, 6.45) is 0. The minimum absolute atomic E-state index is 0.0122. The van der Waals surface area contributed by atoms with Gasteiger partial charge in [-0.25, -0.2) is 0 Å². The van der Waals surface area contributed by atoms with Crippen LogP contribution in [0.2, 0.25) is 0 Å². The lowest BCUT2D eigenvalue weighted by Crippen LogP contribution is -2.11. The highest BCUT2D eigenvalue weighted by Gasteiger charge is 2.10. The van der Waals surface area contributed by atoms with Gasteiger partial charge in [-0.15, -0.1) is 11.3 Å². The molecule has 0 aliphatic rings. The number of rotatable bonds is 3. The number of anilines is 1. The zero-order valence-electron chi connectivity index (χ0n) is 9.43. The summed E-state index contributed by atoms with van der Waals surface area (Å²) in [6.45, 7) is 1.93. The zero-order valence-corrected chi connectivity index (χ0v) is 10.3. The van der Waals surface area contributed by atoms with E-state index in [-0.39, 0.29) is 12.5 Å². The number of carbonyl (C=O) groups excluding carboxylic acids is 1. The van der Waals surface area contributed by atoms with Crippen molar-refractivity contribution in [3.63, 3.8) is 0 Å². The molecule has 0 radical (unpaired) electrons. The first-order chi connectivity index (χ1) is 8.20. The normalized spacial score (nSPS) is 10.2. The van der Waals surface area contributed by atoms with Crippen LogP contribution in [-0.4, -0.2) is 11.0 Å². The third-order valence-corrected chi connectivity index (χ3v) is 3.48. The summed E-state index contributed by atoms with van der Waals surface area (Å²) >= 11 is 1.43. The van der Waals surface area contributed by atoms with E-state index in [4.69, 9.17) is 5.11 Å². The molecule has 0 fully saturated rings. The lowest BCUT2D eigenvalue weighted by Gasteiger charge is -2.05. The molecule has 4 heteroatoms. The maximum atomic E-state index is 11.9. The Morgan fingerprint density at radius 3 is 2.53 bits per heavy atom. The van der Waals surface area contributed by atoms with Crippen LogP contribution in [0.5, 0.6) is 0 Å². The number of aliphatic hydroxyl groups is 1. The Morgan fingerprint density at radius 1 is 1.29 bits per heavy atom. The van der Waals surface area contributed by atoms with E-state index >= 15 is 0 Å². The zero-order chi connectivity index (χ0) is 12.3. The van der Waals surface area contributed by atoms with Crippen molar-refractivity contribution in [2.45, 2.75) is 13.5 Å². The Bertz CT molecular complexity index is 516. The molecule has 0 saturated heterocycles. The monoisotopic (exact) mass is 247 g/mol. The third kappa shape index (κ3) is 2.72. The van der Waals surface area contributed by atoms with E-state index in [1.54, 1.807) is 24.3 Å². The second kappa shape index (κ2) is 5.12. The molecule has 1 amide bonds. The van der Waals surface area contributed by atoms with Crippen LogP contribution in [0, 0.1) is 6.92 Å². The first-order valence-corrected chi connectivity index (χ1v) is 6.14. The number of aliphatic hydroxyl groups excluding tert-OH is 1. The van der Waals surface area contributed by atoms with Gasteiger partial charge in [-0.3, -0.25) is 4.79 Å². The Hall–Kier alpha value is -1.65. The van der Waals surface area contributed by atoms with Gasteiger partial charge in [0.15, 0.2) is 0 Å². The van der Waals surface area contributed by atoms with E-state index in [2.05, 4.69) is 5.32 Å². The summed E-state index contributed by atoms with van der Waals surface area (Å²) in [5.41, 5.74) is 2.55. The Morgan fingerprint density at radius 2 is 2.00 bits per heavy atom. The van der Waals surface area contributed by atoms with E-state index in [1.807, 2.05) is 18.4 Å². The van der Waals surface area contributed by atoms with Gasteiger partial charge in [0.2, 0.25) is 0 Å². The molecule has 2 N–H and O–H groups in total. The molecule has 2 aromatic rings. The molecule has 1 aromatic carbocycles. The van der Waals surface area contributed by atoms with Gasteiger partial charge in [0.05, 0.1) is 11.5 Å². The molecule has 0 aliphatic heterocycles. The van der Waals surface area contributed by atoms with Crippen molar-refractivity contribution >= 4 is 22.9 Å². The predicted octanol–water partition coefficient (Wildman–Crippen LogP) is 2.80. The predicted molar refractivity (Wildman–Crippen MR) is 69.4 cm³/mol. The molecule has 88 valence electrons. The summed E-state index contributed by atoms with van der Waals surface area (Å²) in [5, 5.41) is 13.6. The van der Waals surface area contributed by atoms with Gasteiger partial charge in [-0.05, 0) is 41.6 Å². The number of nitrogens with one attached hydrogen (secondary N) is 1. The highest BCUT2D eigenvalue weighted by Crippen LogP contribution is 2.18. The van der Waals surface area contributed by atoms with Crippen molar-refractivity contribution in [1.82, 2.24) is 0 Å². The minimum Gasteiger partial charge on any atom is -0.392 e. The second-order valence-electron chi connectivity index (χ2n) is 3.74. The SMILES string of the molecule is Cc1ccsc1C(=O)Nc1ccc(CO)cc1. The first-order valence-electron chi connectivity index (χ1n) is 5.26. The van der Waals surface area contributed by atoms with Crippen molar-refractivity contribution in [2.24, 2.45) is 0 Å². The topological polar surface area (TPSA) is 49.3 Å². The van der Waals surface area contributed by atoms with Crippen LogP contribution in [0.4, 0.5) is 5.69 Å². The molecule has 0 aliphatic carbocycles.